The largest absolute Gasteiger partial charge is 0.496 e. The summed E-state index contributed by atoms with van der Waals surface area (Å²) in [6.07, 6.45) is 2.22. The maximum atomic E-state index is 11.0. The molecule has 0 bridgehead atoms. The molecule has 0 aliphatic rings. The van der Waals surface area contributed by atoms with Crippen molar-refractivity contribution in [2.24, 2.45) is 0 Å². The van der Waals surface area contributed by atoms with Crippen LogP contribution < -0.4 is 4.74 Å². The quantitative estimate of drug-likeness (QED) is 0.823. The van der Waals surface area contributed by atoms with Gasteiger partial charge in [0.25, 0.3) is 0 Å². The lowest BCUT2D eigenvalue weighted by molar-refractivity contribution is 0.0693. The zero-order valence-corrected chi connectivity index (χ0v) is 12.1. The zero-order valence-electron chi connectivity index (χ0n) is 12.1. The van der Waals surface area contributed by atoms with Crippen LogP contribution in [0.25, 0.3) is 0 Å². The monoisotopic (exact) mass is 265 g/mol. The average Bonchev–Trinajstić information content (AvgIpc) is 2.39. The summed E-state index contributed by atoms with van der Waals surface area (Å²) in [4.78, 5) is 13.3. The van der Waals surface area contributed by atoms with Gasteiger partial charge in [-0.25, -0.2) is 4.79 Å². The Balaban J connectivity index is 2.88. The van der Waals surface area contributed by atoms with Crippen molar-refractivity contribution in [3.8, 4) is 5.75 Å². The van der Waals surface area contributed by atoms with Crippen LogP contribution in [0.4, 0.5) is 0 Å². The second-order valence-electron chi connectivity index (χ2n) is 4.73. The molecule has 0 aromatic heterocycles. The highest BCUT2D eigenvalue weighted by Crippen LogP contribution is 2.22. The number of hydrogen-bond acceptors (Lipinski definition) is 3. The van der Waals surface area contributed by atoms with Crippen molar-refractivity contribution in [1.29, 1.82) is 0 Å². The predicted molar refractivity (Wildman–Crippen MR) is 75.8 cm³/mol. The molecule has 0 radical (unpaired) electrons. The van der Waals surface area contributed by atoms with Crippen LogP contribution in [0.5, 0.6) is 5.75 Å². The maximum absolute atomic E-state index is 11.0. The number of nitrogens with zero attached hydrogens (tertiary/aromatic N) is 1. The molecule has 4 heteroatoms. The van der Waals surface area contributed by atoms with E-state index < -0.39 is 5.97 Å². The summed E-state index contributed by atoms with van der Waals surface area (Å²) in [5, 5.41) is 9.04. The fraction of sp³-hybridized carbons (Fsp3) is 0.533. The van der Waals surface area contributed by atoms with E-state index in [1.807, 2.05) is 12.1 Å². The summed E-state index contributed by atoms with van der Waals surface area (Å²) in [7, 11) is 3.59. The van der Waals surface area contributed by atoms with Crippen molar-refractivity contribution in [3.05, 3.63) is 29.3 Å². The van der Waals surface area contributed by atoms with Gasteiger partial charge in [0.15, 0.2) is 0 Å². The standard InChI is InChI=1S/C15H23NO3/c1-5-12(6-2)16(3)10-11-7-8-13(15(17)18)14(9-11)19-4/h7-9,12H,5-6,10H2,1-4H3,(H,17,18). The Hall–Kier alpha value is -1.55. The molecule has 1 aromatic carbocycles. The molecule has 1 aromatic rings. The highest BCUT2D eigenvalue weighted by atomic mass is 16.5. The topological polar surface area (TPSA) is 49.8 Å². The summed E-state index contributed by atoms with van der Waals surface area (Å²) in [6, 6.07) is 5.81. The van der Waals surface area contributed by atoms with Gasteiger partial charge >= 0.3 is 5.97 Å². The van der Waals surface area contributed by atoms with Crippen LogP contribution in [-0.4, -0.2) is 36.2 Å². The highest BCUT2D eigenvalue weighted by Gasteiger charge is 2.14. The lowest BCUT2D eigenvalue weighted by atomic mass is 10.1. The lowest BCUT2D eigenvalue weighted by Crippen LogP contribution is -2.30. The summed E-state index contributed by atoms with van der Waals surface area (Å²) >= 11 is 0. The van der Waals surface area contributed by atoms with Crippen molar-refractivity contribution in [3.63, 3.8) is 0 Å². The van der Waals surface area contributed by atoms with E-state index in [1.165, 1.54) is 7.11 Å². The number of carboxylic acid groups (broad SMARTS) is 1. The molecule has 0 fully saturated rings. The van der Waals surface area contributed by atoms with Crippen molar-refractivity contribution in [2.75, 3.05) is 14.2 Å². The molecule has 0 saturated carbocycles. The minimum absolute atomic E-state index is 0.205. The Labute approximate surface area is 115 Å². The zero-order chi connectivity index (χ0) is 14.4. The smallest absolute Gasteiger partial charge is 0.339 e. The van der Waals surface area contributed by atoms with Crippen molar-refractivity contribution >= 4 is 5.97 Å². The van der Waals surface area contributed by atoms with E-state index in [2.05, 4.69) is 25.8 Å². The molecule has 0 aliphatic carbocycles. The van der Waals surface area contributed by atoms with E-state index >= 15 is 0 Å². The Bertz CT molecular complexity index is 427. The molecule has 0 aliphatic heterocycles. The van der Waals surface area contributed by atoms with Gasteiger partial charge in [-0.3, -0.25) is 4.90 Å². The second kappa shape index (κ2) is 7.14. The molecular weight excluding hydrogens is 242 g/mol. The maximum Gasteiger partial charge on any atom is 0.339 e. The van der Waals surface area contributed by atoms with Gasteiger partial charge in [0.2, 0.25) is 0 Å². The summed E-state index contributed by atoms with van der Waals surface area (Å²) in [5.74, 6) is -0.542. The number of methoxy groups -OCH3 is 1. The van der Waals surface area contributed by atoms with Crippen molar-refractivity contribution in [2.45, 2.75) is 39.3 Å². The first kappa shape index (κ1) is 15.5. The minimum Gasteiger partial charge on any atom is -0.496 e. The number of carboxylic acids is 1. The number of aromatic carboxylic acids is 1. The fourth-order valence-corrected chi connectivity index (χ4v) is 2.34. The summed E-state index contributed by atoms with van der Waals surface area (Å²) in [5.41, 5.74) is 1.27. The molecule has 0 spiro atoms. The minimum atomic E-state index is -0.961. The van der Waals surface area contributed by atoms with Gasteiger partial charge in [-0.05, 0) is 37.6 Å². The first-order valence-electron chi connectivity index (χ1n) is 6.63. The molecule has 1 rings (SSSR count). The fourth-order valence-electron chi connectivity index (χ4n) is 2.34. The van der Waals surface area contributed by atoms with E-state index in [9.17, 15) is 4.79 Å². The molecule has 4 nitrogen and oxygen atoms in total. The van der Waals surface area contributed by atoms with Gasteiger partial charge in [0, 0.05) is 12.6 Å². The molecule has 106 valence electrons. The number of ether oxygens (including phenoxy) is 1. The van der Waals surface area contributed by atoms with E-state index in [-0.39, 0.29) is 5.56 Å². The van der Waals surface area contributed by atoms with Gasteiger partial charge in [-0.15, -0.1) is 0 Å². The van der Waals surface area contributed by atoms with E-state index in [0.717, 1.165) is 24.9 Å². The predicted octanol–water partition coefficient (Wildman–Crippen LogP) is 3.01. The number of benzene rings is 1. The third-order valence-corrected chi connectivity index (χ3v) is 3.49. The molecule has 0 atom stereocenters. The van der Waals surface area contributed by atoms with Crippen molar-refractivity contribution < 1.29 is 14.6 Å². The van der Waals surface area contributed by atoms with Crippen LogP contribution in [0.1, 0.15) is 42.6 Å². The molecule has 0 heterocycles. The third kappa shape index (κ3) is 3.96. The summed E-state index contributed by atoms with van der Waals surface area (Å²) < 4.78 is 5.14. The van der Waals surface area contributed by atoms with E-state index in [0.29, 0.717) is 11.8 Å². The van der Waals surface area contributed by atoms with Crippen LogP contribution >= 0.6 is 0 Å². The molecule has 0 amide bonds. The van der Waals surface area contributed by atoms with Crippen LogP contribution in [0, 0.1) is 0 Å². The van der Waals surface area contributed by atoms with Gasteiger partial charge in [0.05, 0.1) is 7.11 Å². The highest BCUT2D eigenvalue weighted by molar-refractivity contribution is 5.90. The third-order valence-electron chi connectivity index (χ3n) is 3.49. The Kier molecular flexibility index (Phi) is 5.83. The van der Waals surface area contributed by atoms with Crippen LogP contribution in [-0.2, 0) is 6.54 Å². The van der Waals surface area contributed by atoms with Gasteiger partial charge in [-0.1, -0.05) is 19.9 Å². The first-order valence-corrected chi connectivity index (χ1v) is 6.63. The first-order chi connectivity index (χ1) is 9.03. The Morgan fingerprint density at radius 3 is 2.47 bits per heavy atom. The molecule has 0 unspecified atom stereocenters. The molecule has 0 saturated heterocycles. The van der Waals surface area contributed by atoms with Crippen LogP contribution in [0.3, 0.4) is 0 Å². The van der Waals surface area contributed by atoms with Gasteiger partial charge in [0.1, 0.15) is 11.3 Å². The van der Waals surface area contributed by atoms with Crippen LogP contribution in [0.2, 0.25) is 0 Å². The van der Waals surface area contributed by atoms with Crippen LogP contribution in [0.15, 0.2) is 18.2 Å². The van der Waals surface area contributed by atoms with Crippen molar-refractivity contribution in [1.82, 2.24) is 4.90 Å². The lowest BCUT2D eigenvalue weighted by Gasteiger charge is -2.26. The molecule has 19 heavy (non-hydrogen) atoms. The Morgan fingerprint density at radius 2 is 2.00 bits per heavy atom. The number of hydrogen-bond donors (Lipinski definition) is 1. The number of rotatable bonds is 7. The molecule has 1 N–H and O–H groups in total. The normalized spacial score (nSPS) is 11.1. The summed E-state index contributed by atoms with van der Waals surface area (Å²) in [6.45, 7) is 5.15. The van der Waals surface area contributed by atoms with Gasteiger partial charge < -0.3 is 9.84 Å². The SMILES string of the molecule is CCC(CC)N(C)Cc1ccc(C(=O)O)c(OC)c1. The average molecular weight is 265 g/mol. The van der Waals surface area contributed by atoms with E-state index in [1.54, 1.807) is 6.07 Å². The van der Waals surface area contributed by atoms with Gasteiger partial charge in [-0.2, -0.15) is 0 Å². The number of carbonyl (C=O) groups is 1. The Morgan fingerprint density at radius 1 is 1.37 bits per heavy atom. The second-order valence-corrected chi connectivity index (χ2v) is 4.73. The molecular formula is C15H23NO3. The van der Waals surface area contributed by atoms with E-state index in [4.69, 9.17) is 9.84 Å².